The Morgan fingerprint density at radius 3 is 2.63 bits per heavy atom. The number of anilines is 2. The van der Waals surface area contributed by atoms with Crippen molar-refractivity contribution >= 4 is 29.2 Å². The first-order chi connectivity index (χ1) is 14.1. The first kappa shape index (κ1) is 23.5. The van der Waals surface area contributed by atoms with Crippen molar-refractivity contribution in [1.29, 1.82) is 0 Å². The topological polar surface area (TPSA) is 53.9 Å². The number of amides is 1. The third-order valence-electron chi connectivity index (χ3n) is 4.74. The number of benzene rings is 1. The highest BCUT2D eigenvalue weighted by molar-refractivity contribution is 5.95. The van der Waals surface area contributed by atoms with Crippen molar-refractivity contribution in [3.8, 4) is 0 Å². The highest BCUT2D eigenvalue weighted by Crippen LogP contribution is 2.31. The highest BCUT2D eigenvalue weighted by Gasteiger charge is 2.21. The number of hydrogen-bond acceptors (Lipinski definition) is 4. The molecule has 5 heteroatoms. The van der Waals surface area contributed by atoms with Gasteiger partial charge in [0.05, 0.1) is 23.7 Å². The van der Waals surface area contributed by atoms with Crippen LogP contribution in [0.1, 0.15) is 47.5 Å². The van der Waals surface area contributed by atoms with Gasteiger partial charge < -0.3 is 15.0 Å². The Morgan fingerprint density at radius 2 is 1.97 bits per heavy atom. The van der Waals surface area contributed by atoms with Crippen LogP contribution in [-0.2, 0) is 9.53 Å². The van der Waals surface area contributed by atoms with E-state index in [1.54, 1.807) is 0 Å². The lowest BCUT2D eigenvalue weighted by atomic mass is 9.95. The second kappa shape index (κ2) is 10.3. The van der Waals surface area contributed by atoms with Crippen LogP contribution < -0.4 is 10.2 Å². The summed E-state index contributed by atoms with van der Waals surface area (Å²) in [6.07, 6.45) is 9.86. The molecule has 1 aliphatic heterocycles. The fourth-order valence-electron chi connectivity index (χ4n) is 2.86. The van der Waals surface area contributed by atoms with E-state index in [9.17, 15) is 4.79 Å². The van der Waals surface area contributed by atoms with Crippen LogP contribution in [0.3, 0.4) is 0 Å². The van der Waals surface area contributed by atoms with Crippen molar-refractivity contribution in [1.82, 2.24) is 0 Å². The summed E-state index contributed by atoms with van der Waals surface area (Å²) in [6, 6.07) is 5.82. The van der Waals surface area contributed by atoms with Gasteiger partial charge in [0.1, 0.15) is 0 Å². The monoisotopic (exact) mass is 409 g/mol. The quantitative estimate of drug-likeness (QED) is 0.604. The Morgan fingerprint density at radius 1 is 1.23 bits per heavy atom. The van der Waals surface area contributed by atoms with Crippen LogP contribution in [-0.4, -0.2) is 32.8 Å². The van der Waals surface area contributed by atoms with E-state index in [0.717, 1.165) is 29.2 Å². The molecule has 0 bridgehead atoms. The maximum Gasteiger partial charge on any atom is 0.229 e. The molecule has 0 saturated heterocycles. The minimum Gasteiger partial charge on any atom is -0.498 e. The van der Waals surface area contributed by atoms with Gasteiger partial charge in [-0.2, -0.15) is 0 Å². The maximum atomic E-state index is 12.3. The average Bonchev–Trinajstić information content (AvgIpc) is 2.72. The number of carbonyl (C=O) groups excluding carboxylic acids is 1. The molecule has 1 amide bonds. The van der Waals surface area contributed by atoms with Gasteiger partial charge in [0.15, 0.2) is 0 Å². The number of nitrogens with zero attached hydrogens (tertiary/aromatic N) is 2. The molecule has 0 fully saturated rings. The number of aliphatic imine (C=N–C) groups is 1. The van der Waals surface area contributed by atoms with Gasteiger partial charge in [0.25, 0.3) is 0 Å². The van der Waals surface area contributed by atoms with Gasteiger partial charge in [-0.25, -0.2) is 0 Å². The first-order valence-electron chi connectivity index (χ1n) is 10.4. The molecule has 2 rings (SSSR count). The predicted molar refractivity (Wildman–Crippen MR) is 128 cm³/mol. The van der Waals surface area contributed by atoms with Crippen LogP contribution in [0, 0.1) is 5.41 Å². The van der Waals surface area contributed by atoms with E-state index in [1.807, 2.05) is 77.2 Å². The summed E-state index contributed by atoms with van der Waals surface area (Å²) in [5, 5.41) is 2.99. The Kier molecular flexibility index (Phi) is 8.04. The summed E-state index contributed by atoms with van der Waals surface area (Å²) >= 11 is 0. The number of carbonyl (C=O) groups is 1. The Labute approximate surface area is 181 Å². The van der Waals surface area contributed by atoms with E-state index in [-0.39, 0.29) is 5.91 Å². The summed E-state index contributed by atoms with van der Waals surface area (Å²) in [5.41, 5.74) is 4.60. The zero-order valence-corrected chi connectivity index (χ0v) is 19.4. The van der Waals surface area contributed by atoms with Crippen molar-refractivity contribution in [3.63, 3.8) is 0 Å². The summed E-state index contributed by atoms with van der Waals surface area (Å²) in [7, 11) is 3.98. The average molecular weight is 410 g/mol. The van der Waals surface area contributed by atoms with Crippen molar-refractivity contribution in [2.45, 2.75) is 47.5 Å². The Bertz CT molecular complexity index is 884. The minimum absolute atomic E-state index is 0.0178. The molecule has 0 saturated carbocycles. The number of ether oxygens (including phenoxy) is 1. The van der Waals surface area contributed by atoms with Crippen LogP contribution in [0.5, 0.6) is 0 Å². The third kappa shape index (κ3) is 7.21. The number of rotatable bonds is 5. The van der Waals surface area contributed by atoms with Crippen LogP contribution in [0.15, 0.2) is 58.3 Å². The molecule has 1 N–H and O–H groups in total. The van der Waals surface area contributed by atoms with Crippen molar-refractivity contribution in [2.24, 2.45) is 10.4 Å². The van der Waals surface area contributed by atoms with Crippen LogP contribution in [0.4, 0.5) is 17.1 Å². The summed E-state index contributed by atoms with van der Waals surface area (Å²) in [6.45, 7) is 10.5. The van der Waals surface area contributed by atoms with E-state index >= 15 is 0 Å². The summed E-state index contributed by atoms with van der Waals surface area (Å²) in [4.78, 5) is 19.1. The van der Waals surface area contributed by atoms with E-state index in [1.165, 1.54) is 11.1 Å². The van der Waals surface area contributed by atoms with E-state index in [0.29, 0.717) is 13.0 Å². The maximum absolute atomic E-state index is 12.3. The zero-order chi connectivity index (χ0) is 22.3. The van der Waals surface area contributed by atoms with Crippen LogP contribution in [0.25, 0.3) is 0 Å². The zero-order valence-electron chi connectivity index (χ0n) is 19.4. The summed E-state index contributed by atoms with van der Waals surface area (Å²) < 4.78 is 5.67. The lowest BCUT2D eigenvalue weighted by molar-refractivity contribution is -0.123. The fraction of sp³-hybridized carbons (Fsp3) is 0.440. The molecular formula is C25H35N3O2. The minimum atomic E-state index is -0.452. The van der Waals surface area contributed by atoms with Crippen LogP contribution >= 0.6 is 0 Å². The Balaban J connectivity index is 2.25. The molecule has 5 nitrogen and oxygen atoms in total. The molecule has 1 aromatic rings. The molecule has 162 valence electrons. The van der Waals surface area contributed by atoms with Crippen molar-refractivity contribution < 1.29 is 9.53 Å². The predicted octanol–water partition coefficient (Wildman–Crippen LogP) is 6.03. The molecule has 1 heterocycles. The van der Waals surface area contributed by atoms with E-state index in [4.69, 9.17) is 9.73 Å². The number of nitrogens with one attached hydrogen (secondary N) is 1. The fourth-order valence-corrected chi connectivity index (χ4v) is 2.86. The van der Waals surface area contributed by atoms with Crippen LogP contribution in [0.2, 0.25) is 0 Å². The standard InChI is InChI=1S/C25H35N3O2/c1-18-13-15-30-19(2)8-9-20(16-18)12-14-26-22-17-21(10-11-23(22)28(6)7)27-24(29)25(3,4)5/h8-11,14,16-17H,12-13,15H2,1-7H3,(H,27,29)/b18-16+,19-8+,20-9-,26-14?. The first-order valence-corrected chi connectivity index (χ1v) is 10.4. The third-order valence-corrected chi connectivity index (χ3v) is 4.74. The second-order valence-electron chi connectivity index (χ2n) is 8.93. The van der Waals surface area contributed by atoms with Gasteiger partial charge in [0.2, 0.25) is 5.91 Å². The van der Waals surface area contributed by atoms with Gasteiger partial charge >= 0.3 is 0 Å². The van der Waals surface area contributed by atoms with Gasteiger partial charge in [-0.3, -0.25) is 9.79 Å². The largest absolute Gasteiger partial charge is 0.498 e. The van der Waals surface area contributed by atoms with Gasteiger partial charge in [0, 0.05) is 44.3 Å². The molecule has 0 radical (unpaired) electrons. The molecule has 0 aliphatic carbocycles. The lowest BCUT2D eigenvalue weighted by Gasteiger charge is -2.20. The molecule has 30 heavy (non-hydrogen) atoms. The number of allylic oxidation sites excluding steroid dienone is 5. The van der Waals surface area contributed by atoms with Crippen molar-refractivity contribution in [2.75, 3.05) is 30.9 Å². The van der Waals surface area contributed by atoms with Gasteiger partial charge in [-0.05, 0) is 43.7 Å². The molecule has 1 aromatic carbocycles. The number of hydrogen-bond donors (Lipinski definition) is 1. The lowest BCUT2D eigenvalue weighted by Crippen LogP contribution is -2.27. The molecule has 1 aliphatic rings. The summed E-state index contributed by atoms with van der Waals surface area (Å²) in [5.74, 6) is 0.903. The van der Waals surface area contributed by atoms with Gasteiger partial charge in [-0.1, -0.05) is 38.5 Å². The van der Waals surface area contributed by atoms with E-state index < -0.39 is 5.41 Å². The molecule has 0 aromatic heterocycles. The molecule has 0 unspecified atom stereocenters. The molecular weight excluding hydrogens is 374 g/mol. The SMILES string of the molecule is C\C1=C/C(CC=Nc2cc(NC(=O)C(C)(C)C)ccc2N(C)C)=C\C=C(/C)OCC1. The van der Waals surface area contributed by atoms with E-state index in [2.05, 4.69) is 24.4 Å². The second-order valence-corrected chi connectivity index (χ2v) is 8.93. The smallest absolute Gasteiger partial charge is 0.229 e. The normalized spacial score (nSPS) is 20.4. The molecule has 0 spiro atoms. The van der Waals surface area contributed by atoms with Gasteiger partial charge in [-0.15, -0.1) is 0 Å². The highest BCUT2D eigenvalue weighted by atomic mass is 16.5. The molecule has 0 atom stereocenters. The van der Waals surface area contributed by atoms with Crippen molar-refractivity contribution in [3.05, 3.63) is 53.3 Å². The Hall–Kier alpha value is -2.82.